The lowest BCUT2D eigenvalue weighted by Gasteiger charge is -2.19. The molecule has 0 spiro atoms. The number of hydrogen-bond donors (Lipinski definition) is 1. The van der Waals surface area contributed by atoms with E-state index in [4.69, 9.17) is 0 Å². The van der Waals surface area contributed by atoms with E-state index in [-0.39, 0.29) is 0 Å². The quantitative estimate of drug-likeness (QED) is 0.784. The average Bonchev–Trinajstić information content (AvgIpc) is 1.83. The van der Waals surface area contributed by atoms with Gasteiger partial charge < -0.3 is 5.11 Å². The normalized spacial score (nSPS) is 11.8. The molecular formula is C10H13BrO. The molecule has 0 atom stereocenters. The molecule has 0 aliphatic heterocycles. The molecule has 66 valence electrons. The van der Waals surface area contributed by atoms with Crippen LogP contribution in [0.25, 0.3) is 0 Å². The molecule has 1 rings (SSSR count). The van der Waals surface area contributed by atoms with Gasteiger partial charge >= 0.3 is 0 Å². The lowest BCUT2D eigenvalue weighted by Crippen LogP contribution is -2.16. The second-order valence-electron chi connectivity index (χ2n) is 3.54. The molecule has 0 radical (unpaired) electrons. The van der Waals surface area contributed by atoms with Gasteiger partial charge in [0, 0.05) is 4.47 Å². The summed E-state index contributed by atoms with van der Waals surface area (Å²) in [6, 6.07) is 5.95. The maximum Gasteiger partial charge on any atom is 0.0851 e. The highest BCUT2D eigenvalue weighted by Gasteiger charge is 2.18. The van der Waals surface area contributed by atoms with Gasteiger partial charge in [-0.2, -0.15) is 0 Å². The average molecular weight is 229 g/mol. The van der Waals surface area contributed by atoms with Crippen molar-refractivity contribution in [2.45, 2.75) is 26.4 Å². The standard InChI is InChI=1S/C10H13BrO/c1-7-4-5-8(9(11)6-7)10(2,3)12/h4-6,12H,1-3H3. The van der Waals surface area contributed by atoms with Crippen molar-refractivity contribution in [2.24, 2.45) is 0 Å². The Morgan fingerprint density at radius 3 is 2.33 bits per heavy atom. The van der Waals surface area contributed by atoms with Gasteiger partial charge in [0.1, 0.15) is 0 Å². The van der Waals surface area contributed by atoms with E-state index >= 15 is 0 Å². The number of halogens is 1. The van der Waals surface area contributed by atoms with Crippen molar-refractivity contribution >= 4 is 15.9 Å². The molecule has 2 heteroatoms. The van der Waals surface area contributed by atoms with Gasteiger partial charge in [0.15, 0.2) is 0 Å². The van der Waals surface area contributed by atoms with Gasteiger partial charge in [0.2, 0.25) is 0 Å². The molecule has 0 fully saturated rings. The van der Waals surface area contributed by atoms with Crippen LogP contribution in [0.15, 0.2) is 22.7 Å². The summed E-state index contributed by atoms with van der Waals surface area (Å²) in [6.07, 6.45) is 0. The van der Waals surface area contributed by atoms with E-state index in [1.54, 1.807) is 13.8 Å². The van der Waals surface area contributed by atoms with Crippen LogP contribution in [0.2, 0.25) is 0 Å². The molecule has 0 aromatic heterocycles. The predicted molar refractivity (Wildman–Crippen MR) is 54.1 cm³/mol. The monoisotopic (exact) mass is 228 g/mol. The molecular weight excluding hydrogens is 216 g/mol. The van der Waals surface area contributed by atoms with Crippen molar-refractivity contribution in [3.63, 3.8) is 0 Å². The first-order valence-electron chi connectivity index (χ1n) is 3.90. The highest BCUT2D eigenvalue weighted by molar-refractivity contribution is 9.10. The Morgan fingerprint density at radius 2 is 1.92 bits per heavy atom. The van der Waals surface area contributed by atoms with E-state index in [1.807, 2.05) is 25.1 Å². The van der Waals surface area contributed by atoms with Gasteiger partial charge in [-0.05, 0) is 38.0 Å². The van der Waals surface area contributed by atoms with E-state index in [2.05, 4.69) is 15.9 Å². The fourth-order valence-corrected chi connectivity index (χ4v) is 2.09. The number of hydrogen-bond acceptors (Lipinski definition) is 1. The molecule has 0 saturated carbocycles. The van der Waals surface area contributed by atoms with Crippen molar-refractivity contribution in [1.82, 2.24) is 0 Å². The summed E-state index contributed by atoms with van der Waals surface area (Å²) in [5.74, 6) is 0. The predicted octanol–water partition coefficient (Wildman–Crippen LogP) is 2.98. The summed E-state index contributed by atoms with van der Waals surface area (Å²) in [5, 5.41) is 9.73. The summed E-state index contributed by atoms with van der Waals surface area (Å²) < 4.78 is 0.968. The third kappa shape index (κ3) is 2.08. The zero-order chi connectivity index (χ0) is 9.35. The van der Waals surface area contributed by atoms with Crippen LogP contribution in [0.4, 0.5) is 0 Å². The maximum absolute atomic E-state index is 9.73. The second kappa shape index (κ2) is 3.19. The SMILES string of the molecule is Cc1ccc(C(C)(C)O)c(Br)c1. The van der Waals surface area contributed by atoms with Crippen LogP contribution in [0, 0.1) is 6.92 Å². The smallest absolute Gasteiger partial charge is 0.0851 e. The lowest BCUT2D eigenvalue weighted by atomic mass is 9.98. The molecule has 1 aromatic rings. The Kier molecular flexibility index (Phi) is 2.59. The van der Waals surface area contributed by atoms with Crippen molar-refractivity contribution in [1.29, 1.82) is 0 Å². The Morgan fingerprint density at radius 1 is 1.33 bits per heavy atom. The molecule has 0 aliphatic carbocycles. The topological polar surface area (TPSA) is 20.2 Å². The molecule has 0 bridgehead atoms. The number of rotatable bonds is 1. The maximum atomic E-state index is 9.73. The van der Waals surface area contributed by atoms with Crippen LogP contribution >= 0.6 is 15.9 Å². The summed E-state index contributed by atoms with van der Waals surface area (Å²) in [5.41, 5.74) is 1.34. The number of benzene rings is 1. The van der Waals surface area contributed by atoms with Gasteiger partial charge in [-0.15, -0.1) is 0 Å². The summed E-state index contributed by atoms with van der Waals surface area (Å²) >= 11 is 3.42. The van der Waals surface area contributed by atoms with Crippen molar-refractivity contribution < 1.29 is 5.11 Å². The van der Waals surface area contributed by atoms with Crippen LogP contribution in [-0.2, 0) is 5.60 Å². The van der Waals surface area contributed by atoms with E-state index in [9.17, 15) is 5.11 Å². The molecule has 12 heavy (non-hydrogen) atoms. The van der Waals surface area contributed by atoms with Gasteiger partial charge in [0.05, 0.1) is 5.60 Å². The minimum Gasteiger partial charge on any atom is -0.386 e. The summed E-state index contributed by atoms with van der Waals surface area (Å²) in [6.45, 7) is 5.59. The van der Waals surface area contributed by atoms with E-state index < -0.39 is 5.60 Å². The fraction of sp³-hybridized carbons (Fsp3) is 0.400. The molecule has 0 unspecified atom stereocenters. The first kappa shape index (κ1) is 9.75. The van der Waals surface area contributed by atoms with Gasteiger partial charge in [0.25, 0.3) is 0 Å². The Labute approximate surface area is 81.6 Å². The number of aryl methyl sites for hydroxylation is 1. The molecule has 1 N–H and O–H groups in total. The number of aliphatic hydroxyl groups is 1. The minimum absolute atomic E-state index is 0.771. The van der Waals surface area contributed by atoms with Gasteiger partial charge in [-0.3, -0.25) is 0 Å². The Hall–Kier alpha value is -0.340. The van der Waals surface area contributed by atoms with Crippen LogP contribution in [0.1, 0.15) is 25.0 Å². The zero-order valence-electron chi connectivity index (χ0n) is 7.56. The lowest BCUT2D eigenvalue weighted by molar-refractivity contribution is 0.0778. The Bertz CT molecular complexity index is 286. The third-order valence-corrected chi connectivity index (χ3v) is 2.44. The Balaban J connectivity index is 3.19. The van der Waals surface area contributed by atoms with Crippen molar-refractivity contribution in [3.8, 4) is 0 Å². The van der Waals surface area contributed by atoms with Crippen LogP contribution in [0.5, 0.6) is 0 Å². The minimum atomic E-state index is -0.771. The van der Waals surface area contributed by atoms with Crippen LogP contribution < -0.4 is 0 Å². The summed E-state index contributed by atoms with van der Waals surface area (Å²) in [4.78, 5) is 0. The second-order valence-corrected chi connectivity index (χ2v) is 4.40. The van der Waals surface area contributed by atoms with E-state index in [0.29, 0.717) is 0 Å². The first-order chi connectivity index (χ1) is 5.41. The molecule has 0 amide bonds. The van der Waals surface area contributed by atoms with Gasteiger partial charge in [-0.25, -0.2) is 0 Å². The molecule has 0 saturated heterocycles. The third-order valence-electron chi connectivity index (χ3n) is 1.78. The molecule has 1 aromatic carbocycles. The van der Waals surface area contributed by atoms with Crippen molar-refractivity contribution in [2.75, 3.05) is 0 Å². The molecule has 0 aliphatic rings. The van der Waals surface area contributed by atoms with E-state index in [1.165, 1.54) is 5.56 Å². The first-order valence-corrected chi connectivity index (χ1v) is 4.69. The largest absolute Gasteiger partial charge is 0.386 e. The van der Waals surface area contributed by atoms with E-state index in [0.717, 1.165) is 10.0 Å². The molecule has 1 nitrogen and oxygen atoms in total. The zero-order valence-corrected chi connectivity index (χ0v) is 9.14. The van der Waals surface area contributed by atoms with Crippen molar-refractivity contribution in [3.05, 3.63) is 33.8 Å². The highest BCUT2D eigenvalue weighted by Crippen LogP contribution is 2.28. The van der Waals surface area contributed by atoms with Crippen LogP contribution in [-0.4, -0.2) is 5.11 Å². The fourth-order valence-electron chi connectivity index (χ4n) is 1.12. The van der Waals surface area contributed by atoms with Crippen LogP contribution in [0.3, 0.4) is 0 Å². The van der Waals surface area contributed by atoms with Gasteiger partial charge in [-0.1, -0.05) is 28.1 Å². The highest BCUT2D eigenvalue weighted by atomic mass is 79.9. The summed E-state index contributed by atoms with van der Waals surface area (Å²) in [7, 11) is 0. The molecule has 0 heterocycles.